The molecular formula is C18H27FO2. The Morgan fingerprint density at radius 1 is 1.10 bits per heavy atom. The zero-order valence-electron chi connectivity index (χ0n) is 13.2. The molecule has 0 aliphatic carbocycles. The van der Waals surface area contributed by atoms with Gasteiger partial charge in [0, 0.05) is 11.5 Å². The monoisotopic (exact) mass is 294 g/mol. The van der Waals surface area contributed by atoms with Crippen LogP contribution in [0, 0.1) is 11.7 Å². The summed E-state index contributed by atoms with van der Waals surface area (Å²) in [5.74, 6) is 0.343. The van der Waals surface area contributed by atoms with Gasteiger partial charge in [0.2, 0.25) is 0 Å². The summed E-state index contributed by atoms with van der Waals surface area (Å²) in [4.78, 5) is 0. The molecule has 21 heavy (non-hydrogen) atoms. The first-order valence-electron chi connectivity index (χ1n) is 8.26. The molecule has 1 fully saturated rings. The molecule has 0 atom stereocenters. The minimum atomic E-state index is -0.405. The number of ether oxygens (including phenoxy) is 2. The van der Waals surface area contributed by atoms with Crippen molar-refractivity contribution < 1.29 is 13.9 Å². The van der Waals surface area contributed by atoms with E-state index >= 15 is 0 Å². The van der Waals surface area contributed by atoms with Crippen LogP contribution in [0.15, 0.2) is 18.2 Å². The number of halogens is 1. The van der Waals surface area contributed by atoms with Gasteiger partial charge in [-0.05, 0) is 30.9 Å². The Morgan fingerprint density at radius 3 is 2.48 bits per heavy atom. The van der Waals surface area contributed by atoms with Crippen molar-refractivity contribution in [2.24, 2.45) is 5.92 Å². The first kappa shape index (κ1) is 16.4. The second-order valence-electron chi connectivity index (χ2n) is 5.96. The summed E-state index contributed by atoms with van der Waals surface area (Å²) in [7, 11) is 0. The summed E-state index contributed by atoms with van der Waals surface area (Å²) in [5.41, 5.74) is 1.59. The zero-order valence-corrected chi connectivity index (χ0v) is 13.2. The van der Waals surface area contributed by atoms with Gasteiger partial charge < -0.3 is 9.47 Å². The summed E-state index contributed by atoms with van der Waals surface area (Å²) in [6.45, 7) is 5.73. The maximum Gasteiger partial charge on any atom is 0.183 e. The highest BCUT2D eigenvalue weighted by Gasteiger charge is 2.23. The van der Waals surface area contributed by atoms with E-state index in [-0.39, 0.29) is 5.82 Å². The van der Waals surface area contributed by atoms with Crippen LogP contribution in [0.5, 0.6) is 0 Å². The van der Waals surface area contributed by atoms with Crippen LogP contribution in [-0.4, -0.2) is 13.2 Å². The molecule has 0 bridgehead atoms. The molecule has 0 spiro atoms. The van der Waals surface area contributed by atoms with E-state index in [1.54, 1.807) is 6.07 Å². The molecule has 118 valence electrons. The topological polar surface area (TPSA) is 18.5 Å². The van der Waals surface area contributed by atoms with E-state index in [0.717, 1.165) is 49.7 Å². The van der Waals surface area contributed by atoms with Crippen LogP contribution >= 0.6 is 0 Å². The van der Waals surface area contributed by atoms with Crippen molar-refractivity contribution >= 4 is 0 Å². The Bertz CT molecular complexity index is 425. The molecule has 1 aliphatic heterocycles. The number of rotatable bonds is 7. The Kier molecular flexibility index (Phi) is 6.65. The van der Waals surface area contributed by atoms with Gasteiger partial charge in [0.05, 0.1) is 13.2 Å². The SMILES string of the molecule is CCCCCc1ccc(C2OCC(CCC)CO2)cc1F. The summed E-state index contributed by atoms with van der Waals surface area (Å²) < 4.78 is 25.6. The van der Waals surface area contributed by atoms with Crippen LogP contribution in [0.1, 0.15) is 63.4 Å². The van der Waals surface area contributed by atoms with Gasteiger partial charge in [-0.1, -0.05) is 45.2 Å². The maximum absolute atomic E-state index is 14.1. The number of unbranched alkanes of at least 4 members (excludes halogenated alkanes) is 2. The third-order valence-electron chi connectivity index (χ3n) is 4.06. The van der Waals surface area contributed by atoms with Crippen molar-refractivity contribution in [3.63, 3.8) is 0 Å². The van der Waals surface area contributed by atoms with Crippen LogP contribution < -0.4 is 0 Å². The van der Waals surface area contributed by atoms with Gasteiger partial charge in [0.25, 0.3) is 0 Å². The summed E-state index contributed by atoms with van der Waals surface area (Å²) in [5, 5.41) is 0. The molecule has 1 heterocycles. The van der Waals surface area contributed by atoms with Crippen LogP contribution in [0.25, 0.3) is 0 Å². The highest BCUT2D eigenvalue weighted by molar-refractivity contribution is 5.25. The molecule has 0 N–H and O–H groups in total. The predicted octanol–water partition coefficient (Wildman–Crippen LogP) is 5.02. The van der Waals surface area contributed by atoms with Crippen LogP contribution in [-0.2, 0) is 15.9 Å². The first-order valence-corrected chi connectivity index (χ1v) is 8.26. The number of hydrogen-bond acceptors (Lipinski definition) is 2. The van der Waals surface area contributed by atoms with Crippen LogP contribution in [0.3, 0.4) is 0 Å². The molecule has 1 aromatic rings. The number of aryl methyl sites for hydroxylation is 1. The van der Waals surface area contributed by atoms with Gasteiger partial charge in [-0.25, -0.2) is 4.39 Å². The van der Waals surface area contributed by atoms with Gasteiger partial charge in [0.1, 0.15) is 5.82 Å². The van der Waals surface area contributed by atoms with Gasteiger partial charge >= 0.3 is 0 Å². The quantitative estimate of drug-likeness (QED) is 0.657. The highest BCUT2D eigenvalue weighted by Crippen LogP contribution is 2.28. The minimum Gasteiger partial charge on any atom is -0.348 e. The average Bonchev–Trinajstić information content (AvgIpc) is 2.50. The molecule has 0 unspecified atom stereocenters. The Hall–Kier alpha value is -0.930. The summed E-state index contributed by atoms with van der Waals surface area (Å²) in [6.07, 6.45) is 6.02. The number of benzene rings is 1. The van der Waals surface area contributed by atoms with Crippen molar-refractivity contribution in [3.8, 4) is 0 Å². The molecule has 1 aliphatic rings. The molecule has 3 heteroatoms. The van der Waals surface area contributed by atoms with Gasteiger partial charge in [-0.15, -0.1) is 0 Å². The first-order chi connectivity index (χ1) is 10.2. The Morgan fingerprint density at radius 2 is 1.86 bits per heavy atom. The van der Waals surface area contributed by atoms with E-state index in [0.29, 0.717) is 19.1 Å². The Labute approximate surface area is 127 Å². The van der Waals surface area contributed by atoms with Crippen molar-refractivity contribution in [2.75, 3.05) is 13.2 Å². The van der Waals surface area contributed by atoms with Gasteiger partial charge in [0.15, 0.2) is 6.29 Å². The van der Waals surface area contributed by atoms with E-state index in [9.17, 15) is 4.39 Å². The second-order valence-corrected chi connectivity index (χ2v) is 5.96. The molecule has 2 nitrogen and oxygen atoms in total. The molecular weight excluding hydrogens is 267 g/mol. The molecule has 1 aromatic carbocycles. The molecule has 1 saturated heterocycles. The van der Waals surface area contributed by atoms with E-state index in [2.05, 4.69) is 13.8 Å². The lowest BCUT2D eigenvalue weighted by Crippen LogP contribution is -2.27. The highest BCUT2D eigenvalue weighted by atomic mass is 19.1. The summed E-state index contributed by atoms with van der Waals surface area (Å²) in [6, 6.07) is 5.40. The van der Waals surface area contributed by atoms with E-state index in [1.165, 1.54) is 0 Å². The van der Waals surface area contributed by atoms with E-state index < -0.39 is 6.29 Å². The third kappa shape index (κ3) is 4.79. The fourth-order valence-corrected chi connectivity index (χ4v) is 2.79. The number of hydrogen-bond donors (Lipinski definition) is 0. The average molecular weight is 294 g/mol. The molecule has 0 radical (unpaired) electrons. The standard InChI is InChI=1S/C18H27FO2/c1-3-5-6-8-15-9-10-16(11-17(15)19)18-20-12-14(7-4-2)13-21-18/h9-11,14,18H,3-8,12-13H2,1-2H3. The Balaban J connectivity index is 1.91. The molecule has 0 aromatic heterocycles. The fraction of sp³-hybridized carbons (Fsp3) is 0.667. The predicted molar refractivity (Wildman–Crippen MR) is 82.7 cm³/mol. The molecule has 0 amide bonds. The lowest BCUT2D eigenvalue weighted by molar-refractivity contribution is -0.206. The zero-order chi connectivity index (χ0) is 15.1. The van der Waals surface area contributed by atoms with Crippen LogP contribution in [0.2, 0.25) is 0 Å². The summed E-state index contributed by atoms with van der Waals surface area (Å²) >= 11 is 0. The lowest BCUT2D eigenvalue weighted by Gasteiger charge is -2.29. The van der Waals surface area contributed by atoms with Crippen LogP contribution in [0.4, 0.5) is 4.39 Å². The fourth-order valence-electron chi connectivity index (χ4n) is 2.79. The van der Waals surface area contributed by atoms with Gasteiger partial charge in [-0.2, -0.15) is 0 Å². The van der Waals surface area contributed by atoms with Gasteiger partial charge in [-0.3, -0.25) is 0 Å². The second kappa shape index (κ2) is 8.50. The van der Waals surface area contributed by atoms with Crippen molar-refractivity contribution in [2.45, 2.75) is 58.7 Å². The molecule has 0 saturated carbocycles. The normalized spacial score (nSPS) is 22.4. The maximum atomic E-state index is 14.1. The smallest absolute Gasteiger partial charge is 0.183 e. The van der Waals surface area contributed by atoms with Crippen molar-refractivity contribution in [1.82, 2.24) is 0 Å². The van der Waals surface area contributed by atoms with E-state index in [4.69, 9.17) is 9.47 Å². The third-order valence-corrected chi connectivity index (χ3v) is 4.06. The van der Waals surface area contributed by atoms with Crippen molar-refractivity contribution in [3.05, 3.63) is 35.1 Å². The van der Waals surface area contributed by atoms with Crippen molar-refractivity contribution in [1.29, 1.82) is 0 Å². The lowest BCUT2D eigenvalue weighted by atomic mass is 10.0. The minimum absolute atomic E-state index is 0.133. The van der Waals surface area contributed by atoms with E-state index in [1.807, 2.05) is 12.1 Å². The largest absolute Gasteiger partial charge is 0.348 e. The molecule has 2 rings (SSSR count).